The molecule has 12 rings (SSSR count). The lowest BCUT2D eigenvalue weighted by molar-refractivity contribution is 0.632. The van der Waals surface area contributed by atoms with Gasteiger partial charge in [0.1, 0.15) is 16.7 Å². The maximum atomic E-state index is 7.00. The maximum absolute atomic E-state index is 7.00. The number of hydrogen-bond acceptors (Lipinski definition) is 4. The molecular weight excluding hydrogens is 683 g/mol. The average molecular weight is 719 g/mol. The van der Waals surface area contributed by atoms with E-state index in [1.807, 2.05) is 12.1 Å². The summed E-state index contributed by atoms with van der Waals surface area (Å²) in [5.41, 5.74) is 18.7. The zero-order valence-corrected chi connectivity index (χ0v) is 31.1. The lowest BCUT2D eigenvalue weighted by atomic mass is 9.55. The predicted molar refractivity (Wildman–Crippen MR) is 235 cm³/mol. The molecule has 0 radical (unpaired) electrons. The standard InChI is InChI=1S/C51H35BN2O2/c1-51(2)37-19-8-9-23-42(37)54-43-29-35-33-17-7-11-25-45(33)56-50(35)46(47(43)52-39-21-13-20-38(51)48(39)54)36-28-31(30-14-4-3-5-15-30)26-27-40(36)53-41-22-12-18-34-32-16-6-10-24-44(32)55-49(34)41/h3-29,52-53H,1-2H3. The van der Waals surface area contributed by atoms with Gasteiger partial charge >= 0.3 is 0 Å². The SMILES string of the molecule is CC1(C)c2ccccc2N2c3cc4c(oc5ccccc54)c(-c4cc(-c5ccccc5)ccc4Nc4cccc5c4oc4ccccc45)c3Bc3cccc1c32. The molecule has 2 aliphatic rings. The summed E-state index contributed by atoms with van der Waals surface area (Å²) in [5.74, 6) is 0. The molecule has 10 aromatic rings. The molecule has 0 unspecified atom stereocenters. The number of anilines is 5. The largest absolute Gasteiger partial charge is 0.455 e. The van der Waals surface area contributed by atoms with E-state index in [4.69, 9.17) is 8.83 Å². The molecule has 0 spiro atoms. The highest BCUT2D eigenvalue weighted by Crippen LogP contribution is 2.53. The fraction of sp³-hybridized carbons (Fsp3) is 0.0588. The molecule has 264 valence electrons. The summed E-state index contributed by atoms with van der Waals surface area (Å²) in [6.45, 7) is 4.73. The van der Waals surface area contributed by atoms with Crippen molar-refractivity contribution in [1.82, 2.24) is 0 Å². The van der Waals surface area contributed by atoms with Gasteiger partial charge in [0, 0.05) is 55.1 Å². The number of rotatable bonds is 4. The van der Waals surface area contributed by atoms with Crippen LogP contribution in [0.2, 0.25) is 0 Å². The second kappa shape index (κ2) is 11.5. The van der Waals surface area contributed by atoms with Gasteiger partial charge in [-0.25, -0.2) is 0 Å². The van der Waals surface area contributed by atoms with Crippen molar-refractivity contribution in [3.63, 3.8) is 0 Å². The van der Waals surface area contributed by atoms with Crippen LogP contribution in [0.3, 0.4) is 0 Å². The Kier molecular flexibility index (Phi) is 6.45. The number of benzene rings is 8. The van der Waals surface area contributed by atoms with Gasteiger partial charge < -0.3 is 19.1 Å². The van der Waals surface area contributed by atoms with Gasteiger partial charge in [-0.15, -0.1) is 0 Å². The molecule has 2 aliphatic heterocycles. The summed E-state index contributed by atoms with van der Waals surface area (Å²) in [7, 11) is 0.768. The Morgan fingerprint density at radius 1 is 0.518 bits per heavy atom. The Balaban J connectivity index is 1.18. The van der Waals surface area contributed by atoms with Crippen LogP contribution >= 0.6 is 0 Å². The molecule has 0 bridgehead atoms. The van der Waals surface area contributed by atoms with Crippen molar-refractivity contribution < 1.29 is 8.83 Å². The molecule has 1 N–H and O–H groups in total. The van der Waals surface area contributed by atoms with E-state index in [1.54, 1.807) is 0 Å². The van der Waals surface area contributed by atoms with E-state index >= 15 is 0 Å². The van der Waals surface area contributed by atoms with Crippen LogP contribution in [0.15, 0.2) is 173 Å². The first kappa shape index (κ1) is 31.4. The van der Waals surface area contributed by atoms with Crippen LogP contribution in [0.25, 0.3) is 66.1 Å². The average Bonchev–Trinajstić information content (AvgIpc) is 3.81. The number of fused-ring (bicyclic) bond motifs is 10. The third-order valence-corrected chi connectivity index (χ3v) is 12.3. The molecule has 5 heteroatoms. The minimum Gasteiger partial charge on any atom is -0.455 e. The van der Waals surface area contributed by atoms with E-state index in [0.29, 0.717) is 0 Å². The molecule has 0 saturated carbocycles. The van der Waals surface area contributed by atoms with Crippen molar-refractivity contribution in [3.05, 3.63) is 175 Å². The van der Waals surface area contributed by atoms with E-state index in [9.17, 15) is 0 Å². The minimum atomic E-state index is -0.149. The summed E-state index contributed by atoms with van der Waals surface area (Å²) in [4.78, 5) is 2.54. The molecule has 0 aliphatic carbocycles. The quantitative estimate of drug-likeness (QED) is 0.184. The highest BCUT2D eigenvalue weighted by molar-refractivity contribution is 6.74. The highest BCUT2D eigenvalue weighted by atomic mass is 16.3. The fourth-order valence-corrected chi connectivity index (χ4v) is 9.61. The van der Waals surface area contributed by atoms with E-state index in [1.165, 1.54) is 39.1 Å². The molecule has 4 nitrogen and oxygen atoms in total. The Morgan fingerprint density at radius 3 is 2.04 bits per heavy atom. The third kappa shape index (κ3) is 4.37. The molecule has 56 heavy (non-hydrogen) atoms. The summed E-state index contributed by atoms with van der Waals surface area (Å²) >= 11 is 0. The van der Waals surface area contributed by atoms with Gasteiger partial charge in [0.15, 0.2) is 12.9 Å². The summed E-state index contributed by atoms with van der Waals surface area (Å²) in [6.07, 6.45) is 0. The minimum absolute atomic E-state index is 0.149. The molecule has 2 aromatic heterocycles. The van der Waals surface area contributed by atoms with Crippen molar-refractivity contribution in [3.8, 4) is 22.3 Å². The van der Waals surface area contributed by atoms with Crippen LogP contribution in [0.1, 0.15) is 25.0 Å². The predicted octanol–water partition coefficient (Wildman–Crippen LogP) is 12.4. The maximum Gasteiger partial charge on any atom is 0.198 e. The van der Waals surface area contributed by atoms with Crippen molar-refractivity contribution in [1.29, 1.82) is 0 Å². The summed E-state index contributed by atoms with van der Waals surface area (Å²) in [5, 5.41) is 8.31. The highest BCUT2D eigenvalue weighted by Gasteiger charge is 2.41. The number of para-hydroxylation sites is 5. The third-order valence-electron chi connectivity index (χ3n) is 12.3. The van der Waals surface area contributed by atoms with Crippen LogP contribution < -0.4 is 21.1 Å². The molecule has 0 fully saturated rings. The van der Waals surface area contributed by atoms with Crippen LogP contribution in [-0.4, -0.2) is 7.28 Å². The zero-order valence-electron chi connectivity index (χ0n) is 31.1. The van der Waals surface area contributed by atoms with Gasteiger partial charge in [-0.3, -0.25) is 0 Å². The molecule has 4 heterocycles. The van der Waals surface area contributed by atoms with E-state index in [-0.39, 0.29) is 5.41 Å². The summed E-state index contributed by atoms with van der Waals surface area (Å²) in [6, 6.07) is 58.7. The van der Waals surface area contributed by atoms with Crippen molar-refractivity contribution in [2.45, 2.75) is 19.3 Å². The lowest BCUT2D eigenvalue weighted by Crippen LogP contribution is -2.45. The Hall–Kier alpha value is -6.98. The Morgan fingerprint density at radius 2 is 1.20 bits per heavy atom. The zero-order chi connectivity index (χ0) is 37.1. The van der Waals surface area contributed by atoms with E-state index < -0.39 is 0 Å². The fourth-order valence-electron chi connectivity index (χ4n) is 9.61. The van der Waals surface area contributed by atoms with Gasteiger partial charge in [0.05, 0.1) is 11.4 Å². The first-order valence-electron chi connectivity index (χ1n) is 19.4. The van der Waals surface area contributed by atoms with Gasteiger partial charge in [0.25, 0.3) is 0 Å². The van der Waals surface area contributed by atoms with Gasteiger partial charge in [-0.2, -0.15) is 0 Å². The molecule has 0 atom stereocenters. The second-order valence-corrected chi connectivity index (χ2v) is 15.7. The topological polar surface area (TPSA) is 41.6 Å². The van der Waals surface area contributed by atoms with Crippen LogP contribution in [0.4, 0.5) is 28.4 Å². The normalized spacial score (nSPS) is 13.8. The van der Waals surface area contributed by atoms with Gasteiger partial charge in [-0.05, 0) is 70.2 Å². The monoisotopic (exact) mass is 718 g/mol. The summed E-state index contributed by atoms with van der Waals surface area (Å²) < 4.78 is 13.5. The number of nitrogens with one attached hydrogen (secondary N) is 1. The first-order valence-corrected chi connectivity index (χ1v) is 19.4. The number of furan rings is 2. The molecule has 0 saturated heterocycles. The number of hydrogen-bond donors (Lipinski definition) is 1. The second-order valence-electron chi connectivity index (χ2n) is 15.7. The Labute approximate surface area is 324 Å². The molecule has 0 amide bonds. The van der Waals surface area contributed by atoms with Crippen molar-refractivity contribution in [2.24, 2.45) is 0 Å². The van der Waals surface area contributed by atoms with Crippen molar-refractivity contribution >= 4 is 90.5 Å². The van der Waals surface area contributed by atoms with E-state index in [2.05, 4.69) is 176 Å². The Bertz CT molecular complexity index is 3250. The number of nitrogens with zero attached hydrogens (tertiary/aromatic N) is 1. The first-order chi connectivity index (χ1) is 27.5. The molecular formula is C51H35BN2O2. The smallest absolute Gasteiger partial charge is 0.198 e. The van der Waals surface area contributed by atoms with Crippen LogP contribution in [0, 0.1) is 0 Å². The van der Waals surface area contributed by atoms with Gasteiger partial charge in [-0.1, -0.05) is 141 Å². The van der Waals surface area contributed by atoms with Crippen molar-refractivity contribution in [2.75, 3.05) is 10.2 Å². The lowest BCUT2D eigenvalue weighted by Gasteiger charge is -2.46. The van der Waals surface area contributed by atoms with Gasteiger partial charge in [0.2, 0.25) is 0 Å². The molecule has 8 aromatic carbocycles. The van der Waals surface area contributed by atoms with Crippen LogP contribution in [0.5, 0.6) is 0 Å². The van der Waals surface area contributed by atoms with Crippen LogP contribution in [-0.2, 0) is 5.41 Å². The van der Waals surface area contributed by atoms with E-state index in [0.717, 1.165) is 84.8 Å².